The first-order chi connectivity index (χ1) is 10.3. The van der Waals surface area contributed by atoms with Crippen molar-refractivity contribution in [2.75, 3.05) is 31.6 Å². The zero-order valence-corrected chi connectivity index (χ0v) is 12.6. The summed E-state index contributed by atoms with van der Waals surface area (Å²) in [5.74, 6) is 0. The summed E-state index contributed by atoms with van der Waals surface area (Å²) in [6, 6.07) is 19.0. The smallest absolute Gasteiger partial charge is 0.0443 e. The van der Waals surface area contributed by atoms with Gasteiger partial charge in [-0.25, -0.2) is 0 Å². The van der Waals surface area contributed by atoms with Gasteiger partial charge in [0.1, 0.15) is 0 Å². The summed E-state index contributed by atoms with van der Waals surface area (Å²) in [7, 11) is 2.09. The molecule has 0 saturated heterocycles. The van der Waals surface area contributed by atoms with Crippen LogP contribution in [0.3, 0.4) is 0 Å². The number of aliphatic hydroxyl groups is 1. The lowest BCUT2D eigenvalue weighted by molar-refractivity contribution is 0.286. The van der Waals surface area contributed by atoms with Crippen molar-refractivity contribution >= 4 is 11.4 Å². The highest BCUT2D eigenvalue weighted by Crippen LogP contribution is 2.23. The molecular formula is C18H24N2O. The van der Waals surface area contributed by atoms with Crippen LogP contribution < -0.4 is 10.2 Å². The number of aliphatic hydroxyl groups excluding tert-OH is 1. The Bertz CT molecular complexity index is 528. The minimum Gasteiger partial charge on any atom is -0.396 e. The van der Waals surface area contributed by atoms with E-state index in [2.05, 4.69) is 65.8 Å². The van der Waals surface area contributed by atoms with Gasteiger partial charge in [-0.05, 0) is 55.8 Å². The molecule has 2 aromatic rings. The zero-order valence-electron chi connectivity index (χ0n) is 12.6. The van der Waals surface area contributed by atoms with E-state index in [4.69, 9.17) is 5.11 Å². The van der Waals surface area contributed by atoms with E-state index in [1.165, 1.54) is 16.9 Å². The lowest BCUT2D eigenvalue weighted by Crippen LogP contribution is -2.19. The van der Waals surface area contributed by atoms with Crippen molar-refractivity contribution < 1.29 is 5.11 Å². The molecule has 3 heteroatoms. The zero-order chi connectivity index (χ0) is 14.9. The lowest BCUT2D eigenvalue weighted by atomic mass is 10.1. The maximum Gasteiger partial charge on any atom is 0.0443 e. The summed E-state index contributed by atoms with van der Waals surface area (Å²) in [6.45, 7) is 2.07. The Balaban J connectivity index is 1.94. The fraction of sp³-hybridized carbons (Fsp3) is 0.333. The van der Waals surface area contributed by atoms with Gasteiger partial charge in [-0.3, -0.25) is 0 Å². The number of hydrogen-bond acceptors (Lipinski definition) is 3. The number of hydrogen-bond donors (Lipinski definition) is 2. The van der Waals surface area contributed by atoms with E-state index in [9.17, 15) is 0 Å². The Morgan fingerprint density at radius 3 is 2.48 bits per heavy atom. The van der Waals surface area contributed by atoms with E-state index in [-0.39, 0.29) is 6.61 Å². The van der Waals surface area contributed by atoms with E-state index in [0.717, 1.165) is 25.9 Å². The van der Waals surface area contributed by atoms with Crippen molar-refractivity contribution in [3.63, 3.8) is 0 Å². The normalized spacial score (nSPS) is 10.6. The Morgan fingerprint density at radius 2 is 1.71 bits per heavy atom. The monoisotopic (exact) mass is 284 g/mol. The maximum atomic E-state index is 8.74. The summed E-state index contributed by atoms with van der Waals surface area (Å²) in [6.07, 6.45) is 1.82. The van der Waals surface area contributed by atoms with Crippen molar-refractivity contribution in [2.45, 2.75) is 12.8 Å². The molecule has 0 spiro atoms. The minimum absolute atomic E-state index is 0.254. The van der Waals surface area contributed by atoms with Crippen molar-refractivity contribution in [1.82, 2.24) is 5.32 Å². The highest BCUT2D eigenvalue weighted by atomic mass is 16.3. The summed E-state index contributed by atoms with van der Waals surface area (Å²) < 4.78 is 0. The number of benzene rings is 2. The largest absolute Gasteiger partial charge is 0.396 e. The molecule has 0 saturated carbocycles. The van der Waals surface area contributed by atoms with Crippen LogP contribution in [-0.4, -0.2) is 31.9 Å². The van der Waals surface area contributed by atoms with Crippen LogP contribution in [0.5, 0.6) is 0 Å². The molecule has 0 atom stereocenters. The fourth-order valence-corrected chi connectivity index (χ4v) is 2.28. The van der Waals surface area contributed by atoms with E-state index in [1.54, 1.807) is 0 Å². The van der Waals surface area contributed by atoms with Crippen LogP contribution in [0.15, 0.2) is 54.6 Å². The standard InChI is InChI=1S/C18H24N2O/c1-20(17-8-3-2-4-9-17)18-10-5-7-16(15-18)11-13-19-12-6-14-21/h2-5,7-10,15,19,21H,6,11-14H2,1H3. The predicted molar refractivity (Wildman–Crippen MR) is 89.2 cm³/mol. The highest BCUT2D eigenvalue weighted by Gasteiger charge is 2.04. The van der Waals surface area contributed by atoms with Crippen molar-refractivity contribution in [1.29, 1.82) is 0 Å². The molecule has 21 heavy (non-hydrogen) atoms. The molecule has 0 amide bonds. The molecule has 3 nitrogen and oxygen atoms in total. The van der Waals surface area contributed by atoms with Gasteiger partial charge in [0.2, 0.25) is 0 Å². The number of nitrogens with zero attached hydrogens (tertiary/aromatic N) is 1. The molecule has 2 aromatic carbocycles. The van der Waals surface area contributed by atoms with Gasteiger partial charge >= 0.3 is 0 Å². The molecule has 0 aromatic heterocycles. The van der Waals surface area contributed by atoms with E-state index in [1.807, 2.05) is 6.07 Å². The average molecular weight is 284 g/mol. The van der Waals surface area contributed by atoms with Gasteiger partial charge in [0.05, 0.1) is 0 Å². The second-order valence-corrected chi connectivity index (χ2v) is 5.14. The molecule has 0 bridgehead atoms. The molecule has 0 aliphatic carbocycles. The summed E-state index contributed by atoms with van der Waals surface area (Å²) >= 11 is 0. The SMILES string of the molecule is CN(c1ccccc1)c1cccc(CCNCCCO)c1. The van der Waals surface area contributed by atoms with Crippen LogP contribution in [0.25, 0.3) is 0 Å². The summed E-state index contributed by atoms with van der Waals surface area (Å²) in [4.78, 5) is 2.20. The first-order valence-electron chi connectivity index (χ1n) is 7.50. The maximum absolute atomic E-state index is 8.74. The highest BCUT2D eigenvalue weighted by molar-refractivity contribution is 5.62. The Hall–Kier alpha value is -1.84. The second kappa shape index (κ2) is 8.45. The van der Waals surface area contributed by atoms with E-state index < -0.39 is 0 Å². The van der Waals surface area contributed by atoms with Crippen LogP contribution in [0.1, 0.15) is 12.0 Å². The van der Waals surface area contributed by atoms with Crippen LogP contribution in [-0.2, 0) is 6.42 Å². The van der Waals surface area contributed by atoms with Gasteiger partial charge in [-0.2, -0.15) is 0 Å². The third kappa shape index (κ3) is 4.88. The van der Waals surface area contributed by atoms with Crippen molar-refractivity contribution in [3.05, 3.63) is 60.2 Å². The van der Waals surface area contributed by atoms with Gasteiger partial charge in [-0.1, -0.05) is 30.3 Å². The predicted octanol–water partition coefficient (Wildman–Crippen LogP) is 2.97. The van der Waals surface area contributed by atoms with Gasteiger partial charge < -0.3 is 15.3 Å². The van der Waals surface area contributed by atoms with Gasteiger partial charge in [0.15, 0.2) is 0 Å². The molecule has 112 valence electrons. The van der Waals surface area contributed by atoms with Crippen LogP contribution in [0.2, 0.25) is 0 Å². The van der Waals surface area contributed by atoms with Gasteiger partial charge in [-0.15, -0.1) is 0 Å². The molecule has 0 radical (unpaired) electrons. The van der Waals surface area contributed by atoms with Crippen molar-refractivity contribution in [3.8, 4) is 0 Å². The lowest BCUT2D eigenvalue weighted by Gasteiger charge is -2.20. The van der Waals surface area contributed by atoms with Gasteiger partial charge in [0, 0.05) is 25.0 Å². The molecule has 0 aliphatic heterocycles. The van der Waals surface area contributed by atoms with Gasteiger partial charge in [0.25, 0.3) is 0 Å². The molecule has 2 rings (SSSR count). The topological polar surface area (TPSA) is 35.5 Å². The molecular weight excluding hydrogens is 260 g/mol. The number of nitrogens with one attached hydrogen (secondary N) is 1. The average Bonchev–Trinajstić information content (AvgIpc) is 2.55. The van der Waals surface area contributed by atoms with Crippen molar-refractivity contribution in [2.24, 2.45) is 0 Å². The van der Waals surface area contributed by atoms with E-state index >= 15 is 0 Å². The Labute approximate surface area is 127 Å². The fourth-order valence-electron chi connectivity index (χ4n) is 2.28. The number of rotatable bonds is 8. The Kier molecular flexibility index (Phi) is 6.25. The summed E-state index contributed by atoms with van der Waals surface area (Å²) in [5.41, 5.74) is 3.72. The number of anilines is 2. The molecule has 0 aliphatic rings. The van der Waals surface area contributed by atoms with E-state index in [0.29, 0.717) is 0 Å². The molecule has 2 N–H and O–H groups in total. The Morgan fingerprint density at radius 1 is 0.952 bits per heavy atom. The van der Waals surface area contributed by atoms with Crippen LogP contribution >= 0.6 is 0 Å². The molecule has 0 unspecified atom stereocenters. The van der Waals surface area contributed by atoms with Crippen LogP contribution in [0, 0.1) is 0 Å². The second-order valence-electron chi connectivity index (χ2n) is 5.14. The quantitative estimate of drug-likeness (QED) is 0.732. The first-order valence-corrected chi connectivity index (χ1v) is 7.50. The molecule has 0 fully saturated rings. The minimum atomic E-state index is 0.254. The third-order valence-electron chi connectivity index (χ3n) is 3.54. The summed E-state index contributed by atoms with van der Waals surface area (Å²) in [5, 5.41) is 12.1. The van der Waals surface area contributed by atoms with Crippen LogP contribution in [0.4, 0.5) is 11.4 Å². The first kappa shape index (κ1) is 15.5. The molecule has 0 heterocycles. The third-order valence-corrected chi connectivity index (χ3v) is 3.54. The number of para-hydroxylation sites is 1.